The van der Waals surface area contributed by atoms with E-state index in [0.29, 0.717) is 6.07 Å². The fourth-order valence-electron chi connectivity index (χ4n) is 1.17. The van der Waals surface area contributed by atoms with Gasteiger partial charge in [0.2, 0.25) is 0 Å². The summed E-state index contributed by atoms with van der Waals surface area (Å²) in [6.07, 6.45) is -4.86. The minimum Gasteiger partial charge on any atom is -0.465 e. The predicted molar refractivity (Wildman–Crippen MR) is 47.5 cm³/mol. The Balaban J connectivity index is 3.47. The summed E-state index contributed by atoms with van der Waals surface area (Å²) in [4.78, 5) is 11.0. The molecule has 17 heavy (non-hydrogen) atoms. The van der Waals surface area contributed by atoms with Crippen molar-refractivity contribution in [2.24, 2.45) is 0 Å². The Kier molecular flexibility index (Phi) is 3.36. The molecule has 0 atom stereocenters. The summed E-state index contributed by atoms with van der Waals surface area (Å²) in [5.74, 6) is -2.53. The number of halogens is 4. The normalized spacial score (nSPS) is 10.8. The minimum atomic E-state index is -4.86. The van der Waals surface area contributed by atoms with Crippen molar-refractivity contribution < 1.29 is 27.1 Å². The SMILES string of the molecule is COC(=O)c1cc(C#N)c(C(F)(F)F)cc1F. The molecule has 90 valence electrons. The van der Waals surface area contributed by atoms with E-state index in [9.17, 15) is 22.4 Å². The summed E-state index contributed by atoms with van der Waals surface area (Å²) in [5.41, 5.74) is -2.97. The highest BCUT2D eigenvalue weighted by Gasteiger charge is 2.35. The van der Waals surface area contributed by atoms with Crippen LogP contribution in [0.4, 0.5) is 17.6 Å². The molecule has 0 aliphatic rings. The van der Waals surface area contributed by atoms with Crippen LogP contribution in [0.5, 0.6) is 0 Å². The number of nitriles is 1. The van der Waals surface area contributed by atoms with Gasteiger partial charge in [-0.3, -0.25) is 0 Å². The van der Waals surface area contributed by atoms with Gasteiger partial charge in [0.15, 0.2) is 0 Å². The molecule has 1 aromatic rings. The molecule has 1 aromatic carbocycles. The van der Waals surface area contributed by atoms with Gasteiger partial charge in [0.05, 0.1) is 29.9 Å². The van der Waals surface area contributed by atoms with Gasteiger partial charge in [0.1, 0.15) is 5.82 Å². The lowest BCUT2D eigenvalue weighted by Gasteiger charge is -2.10. The predicted octanol–water partition coefficient (Wildman–Crippen LogP) is 2.50. The highest BCUT2D eigenvalue weighted by molar-refractivity contribution is 5.90. The molecule has 0 fully saturated rings. The Morgan fingerprint density at radius 1 is 1.41 bits per heavy atom. The molecule has 0 unspecified atom stereocenters. The highest BCUT2D eigenvalue weighted by atomic mass is 19.4. The smallest absolute Gasteiger partial charge is 0.417 e. The van der Waals surface area contributed by atoms with Crippen molar-refractivity contribution >= 4 is 5.97 Å². The summed E-state index contributed by atoms with van der Waals surface area (Å²) >= 11 is 0. The Morgan fingerprint density at radius 2 is 2.00 bits per heavy atom. The zero-order valence-corrected chi connectivity index (χ0v) is 8.43. The maximum atomic E-state index is 13.2. The van der Waals surface area contributed by atoms with Gasteiger partial charge in [-0.05, 0) is 12.1 Å². The first-order valence-electron chi connectivity index (χ1n) is 4.20. The molecule has 0 saturated heterocycles. The molecule has 0 aromatic heterocycles. The van der Waals surface area contributed by atoms with E-state index in [1.807, 2.05) is 0 Å². The van der Waals surface area contributed by atoms with E-state index in [4.69, 9.17) is 5.26 Å². The Hall–Kier alpha value is -2.10. The number of nitrogens with zero attached hydrogens (tertiary/aromatic N) is 1. The number of methoxy groups -OCH3 is 1. The Morgan fingerprint density at radius 3 is 2.41 bits per heavy atom. The molecular formula is C10H5F4NO2. The summed E-state index contributed by atoms with van der Waals surface area (Å²) < 4.78 is 54.6. The van der Waals surface area contributed by atoms with E-state index >= 15 is 0 Å². The second kappa shape index (κ2) is 4.41. The van der Waals surface area contributed by atoms with Gasteiger partial charge in [-0.15, -0.1) is 0 Å². The molecule has 0 heterocycles. The van der Waals surface area contributed by atoms with Crippen molar-refractivity contribution in [2.45, 2.75) is 6.18 Å². The third-order valence-corrected chi connectivity index (χ3v) is 1.94. The van der Waals surface area contributed by atoms with Gasteiger partial charge in [-0.2, -0.15) is 18.4 Å². The topological polar surface area (TPSA) is 50.1 Å². The van der Waals surface area contributed by atoms with Gasteiger partial charge in [-0.1, -0.05) is 0 Å². The molecule has 0 radical (unpaired) electrons. The van der Waals surface area contributed by atoms with Crippen molar-refractivity contribution in [3.63, 3.8) is 0 Å². The molecule has 0 saturated carbocycles. The highest BCUT2D eigenvalue weighted by Crippen LogP contribution is 2.33. The van der Waals surface area contributed by atoms with Gasteiger partial charge < -0.3 is 4.74 Å². The van der Waals surface area contributed by atoms with Crippen LogP contribution in [0.3, 0.4) is 0 Å². The van der Waals surface area contributed by atoms with Crippen LogP contribution < -0.4 is 0 Å². The summed E-state index contributed by atoms with van der Waals surface area (Å²) in [5, 5.41) is 8.53. The number of hydrogen-bond donors (Lipinski definition) is 0. The van der Waals surface area contributed by atoms with Crippen LogP contribution in [0.15, 0.2) is 12.1 Å². The van der Waals surface area contributed by atoms with Crippen LogP contribution in [0.1, 0.15) is 21.5 Å². The monoisotopic (exact) mass is 247 g/mol. The molecule has 3 nitrogen and oxygen atoms in total. The van der Waals surface area contributed by atoms with Gasteiger partial charge in [0.25, 0.3) is 0 Å². The van der Waals surface area contributed by atoms with E-state index in [1.165, 1.54) is 6.07 Å². The number of carbonyl (C=O) groups excluding carboxylic acids is 1. The summed E-state index contributed by atoms with van der Waals surface area (Å²) in [6, 6.07) is 1.87. The second-order valence-corrected chi connectivity index (χ2v) is 2.98. The zero-order chi connectivity index (χ0) is 13.2. The average Bonchev–Trinajstić information content (AvgIpc) is 2.26. The largest absolute Gasteiger partial charge is 0.465 e. The zero-order valence-electron chi connectivity index (χ0n) is 8.43. The molecule has 1 rings (SSSR count). The van der Waals surface area contributed by atoms with Crippen LogP contribution >= 0.6 is 0 Å². The number of ether oxygens (including phenoxy) is 1. The quantitative estimate of drug-likeness (QED) is 0.566. The van der Waals surface area contributed by atoms with E-state index < -0.39 is 34.7 Å². The van der Waals surface area contributed by atoms with E-state index in [2.05, 4.69) is 4.74 Å². The molecule has 0 bridgehead atoms. The minimum absolute atomic E-state index is 0.102. The Labute approximate surface area is 93.2 Å². The van der Waals surface area contributed by atoms with Gasteiger partial charge in [0, 0.05) is 0 Å². The lowest BCUT2D eigenvalue weighted by atomic mass is 10.0. The van der Waals surface area contributed by atoms with Crippen LogP contribution in [-0.2, 0) is 10.9 Å². The summed E-state index contributed by atoms with van der Waals surface area (Å²) in [6.45, 7) is 0. The number of esters is 1. The molecule has 0 amide bonds. The van der Waals surface area contributed by atoms with Crippen molar-refractivity contribution in [1.82, 2.24) is 0 Å². The lowest BCUT2D eigenvalue weighted by molar-refractivity contribution is -0.138. The van der Waals surface area contributed by atoms with Crippen LogP contribution in [0, 0.1) is 17.1 Å². The second-order valence-electron chi connectivity index (χ2n) is 2.98. The molecule has 0 N–H and O–H groups in total. The van der Waals surface area contributed by atoms with Crippen LogP contribution in [0.2, 0.25) is 0 Å². The Bertz CT molecular complexity index is 502. The molecule has 0 aliphatic heterocycles. The maximum absolute atomic E-state index is 13.2. The number of benzene rings is 1. The lowest BCUT2D eigenvalue weighted by Crippen LogP contribution is -2.12. The van der Waals surface area contributed by atoms with Crippen molar-refractivity contribution in [3.05, 3.63) is 34.6 Å². The van der Waals surface area contributed by atoms with E-state index in [-0.39, 0.29) is 6.07 Å². The first-order chi connectivity index (χ1) is 7.81. The van der Waals surface area contributed by atoms with Crippen LogP contribution in [-0.4, -0.2) is 13.1 Å². The fraction of sp³-hybridized carbons (Fsp3) is 0.200. The fourth-order valence-corrected chi connectivity index (χ4v) is 1.17. The molecular weight excluding hydrogens is 242 g/mol. The first kappa shape index (κ1) is 13.0. The maximum Gasteiger partial charge on any atom is 0.417 e. The van der Waals surface area contributed by atoms with E-state index in [0.717, 1.165) is 7.11 Å². The van der Waals surface area contributed by atoms with Gasteiger partial charge >= 0.3 is 12.1 Å². The molecule has 7 heteroatoms. The number of carbonyl (C=O) groups is 1. The van der Waals surface area contributed by atoms with Crippen molar-refractivity contribution in [2.75, 3.05) is 7.11 Å². The molecule has 0 spiro atoms. The van der Waals surface area contributed by atoms with Crippen LogP contribution in [0.25, 0.3) is 0 Å². The third kappa shape index (κ3) is 2.53. The average molecular weight is 247 g/mol. The first-order valence-corrected chi connectivity index (χ1v) is 4.20. The number of alkyl halides is 3. The van der Waals surface area contributed by atoms with Gasteiger partial charge in [-0.25, -0.2) is 9.18 Å². The van der Waals surface area contributed by atoms with Crippen molar-refractivity contribution in [1.29, 1.82) is 5.26 Å². The van der Waals surface area contributed by atoms with Crippen molar-refractivity contribution in [3.8, 4) is 6.07 Å². The van der Waals surface area contributed by atoms with E-state index in [1.54, 1.807) is 0 Å². The third-order valence-electron chi connectivity index (χ3n) is 1.94. The summed E-state index contributed by atoms with van der Waals surface area (Å²) in [7, 11) is 0.950. The number of hydrogen-bond acceptors (Lipinski definition) is 3. The molecule has 0 aliphatic carbocycles. The standard InChI is InChI=1S/C10H5F4NO2/c1-17-9(16)6-2-5(4-15)7(3-8(6)11)10(12,13)14/h2-3H,1H3. The number of rotatable bonds is 1.